The summed E-state index contributed by atoms with van der Waals surface area (Å²) in [5.74, 6) is 0.774. The smallest absolute Gasteiger partial charge is 0.245 e. The predicted molar refractivity (Wildman–Crippen MR) is 88.4 cm³/mol. The number of carbonyl (C=O) groups excluding carboxylic acids is 2. The van der Waals surface area contributed by atoms with Crippen molar-refractivity contribution in [1.82, 2.24) is 10.2 Å². The maximum absolute atomic E-state index is 12.8. The van der Waals surface area contributed by atoms with Gasteiger partial charge in [-0.25, -0.2) is 0 Å². The second kappa shape index (κ2) is 8.54. The molecule has 126 valence electrons. The van der Waals surface area contributed by atoms with E-state index in [1.54, 1.807) is 0 Å². The number of hydrogen-bond donors (Lipinski definition) is 1. The number of amides is 2. The molecule has 0 bridgehead atoms. The fourth-order valence-corrected chi connectivity index (χ4v) is 3.68. The van der Waals surface area contributed by atoms with Crippen LogP contribution < -0.4 is 5.32 Å². The Morgan fingerprint density at radius 3 is 2.18 bits per heavy atom. The van der Waals surface area contributed by atoms with E-state index in [9.17, 15) is 9.59 Å². The van der Waals surface area contributed by atoms with Crippen molar-refractivity contribution in [3.63, 3.8) is 0 Å². The van der Waals surface area contributed by atoms with Gasteiger partial charge in [0.2, 0.25) is 11.8 Å². The summed E-state index contributed by atoms with van der Waals surface area (Å²) < 4.78 is 0. The highest BCUT2D eigenvalue weighted by atomic mass is 16.2. The van der Waals surface area contributed by atoms with Crippen LogP contribution in [0.5, 0.6) is 0 Å². The molecule has 4 nitrogen and oxygen atoms in total. The molecule has 0 spiro atoms. The van der Waals surface area contributed by atoms with Gasteiger partial charge in [-0.2, -0.15) is 0 Å². The molecule has 1 N–H and O–H groups in total. The summed E-state index contributed by atoms with van der Waals surface area (Å²) in [5, 5.41) is 3.08. The van der Waals surface area contributed by atoms with Crippen molar-refractivity contribution in [3.8, 4) is 0 Å². The maximum Gasteiger partial charge on any atom is 0.245 e. The van der Waals surface area contributed by atoms with Crippen LogP contribution in [0.15, 0.2) is 0 Å². The summed E-state index contributed by atoms with van der Waals surface area (Å²) >= 11 is 0. The topological polar surface area (TPSA) is 49.4 Å². The lowest BCUT2D eigenvalue weighted by atomic mass is 9.88. The largest absolute Gasteiger partial charge is 0.344 e. The maximum atomic E-state index is 12.8. The minimum Gasteiger partial charge on any atom is -0.344 e. The van der Waals surface area contributed by atoms with E-state index in [2.05, 4.69) is 19.2 Å². The van der Waals surface area contributed by atoms with Crippen molar-refractivity contribution in [1.29, 1.82) is 0 Å². The molecule has 0 aromatic heterocycles. The van der Waals surface area contributed by atoms with Gasteiger partial charge in [-0.05, 0) is 44.4 Å². The molecule has 1 saturated carbocycles. The standard InChI is InChI=1S/C18H32N2O2/c1-14(2)13-16(18(22)20-11-7-4-8-12-20)19-17(21)15-9-5-3-6-10-15/h14-16H,3-13H2,1-2H3,(H,19,21)/t16-/m1/s1. The Bertz CT molecular complexity index is 369. The molecule has 22 heavy (non-hydrogen) atoms. The molecule has 2 amide bonds. The molecule has 0 aromatic carbocycles. The van der Waals surface area contributed by atoms with E-state index in [4.69, 9.17) is 0 Å². The number of hydrogen-bond acceptors (Lipinski definition) is 2. The molecule has 0 radical (unpaired) electrons. The number of likely N-dealkylation sites (tertiary alicyclic amines) is 1. The van der Waals surface area contributed by atoms with Crippen molar-refractivity contribution in [2.75, 3.05) is 13.1 Å². The van der Waals surface area contributed by atoms with Crippen molar-refractivity contribution < 1.29 is 9.59 Å². The quantitative estimate of drug-likeness (QED) is 0.848. The van der Waals surface area contributed by atoms with Gasteiger partial charge >= 0.3 is 0 Å². The van der Waals surface area contributed by atoms with Crippen LogP contribution in [-0.2, 0) is 9.59 Å². The molecule has 0 aromatic rings. The second-order valence-corrected chi connectivity index (χ2v) is 7.41. The van der Waals surface area contributed by atoms with Gasteiger partial charge in [0.05, 0.1) is 0 Å². The summed E-state index contributed by atoms with van der Waals surface area (Å²) in [7, 11) is 0. The normalized spacial score (nSPS) is 21.7. The van der Waals surface area contributed by atoms with Crippen LogP contribution in [0, 0.1) is 11.8 Å². The first-order valence-electron chi connectivity index (χ1n) is 9.17. The lowest BCUT2D eigenvalue weighted by Gasteiger charge is -2.32. The molecule has 2 aliphatic rings. The van der Waals surface area contributed by atoms with E-state index >= 15 is 0 Å². The van der Waals surface area contributed by atoms with Crippen LogP contribution in [0.25, 0.3) is 0 Å². The van der Waals surface area contributed by atoms with Crippen LogP contribution in [0.3, 0.4) is 0 Å². The molecule has 2 rings (SSSR count). The molecule has 2 fully saturated rings. The highest BCUT2D eigenvalue weighted by Gasteiger charge is 2.30. The first-order chi connectivity index (χ1) is 10.6. The van der Waals surface area contributed by atoms with Crippen LogP contribution in [0.4, 0.5) is 0 Å². The molecule has 0 unspecified atom stereocenters. The van der Waals surface area contributed by atoms with Crippen LogP contribution in [-0.4, -0.2) is 35.8 Å². The Hall–Kier alpha value is -1.06. The third-order valence-corrected chi connectivity index (χ3v) is 4.97. The molecule has 1 atom stereocenters. The highest BCUT2D eigenvalue weighted by Crippen LogP contribution is 2.24. The SMILES string of the molecule is CC(C)C[C@@H](NC(=O)C1CCCCC1)C(=O)N1CCCCC1. The minimum atomic E-state index is -0.326. The van der Waals surface area contributed by atoms with Crippen LogP contribution >= 0.6 is 0 Å². The lowest BCUT2D eigenvalue weighted by molar-refractivity contribution is -0.138. The van der Waals surface area contributed by atoms with Crippen molar-refractivity contribution in [2.24, 2.45) is 11.8 Å². The predicted octanol–water partition coefficient (Wildman–Crippen LogP) is 3.11. The summed E-state index contributed by atoms with van der Waals surface area (Å²) in [6, 6.07) is -0.326. The number of piperidine rings is 1. The number of rotatable bonds is 5. The van der Waals surface area contributed by atoms with E-state index < -0.39 is 0 Å². The minimum absolute atomic E-state index is 0.107. The summed E-state index contributed by atoms with van der Waals surface area (Å²) in [4.78, 5) is 27.2. The fraction of sp³-hybridized carbons (Fsp3) is 0.889. The average Bonchev–Trinajstić information content (AvgIpc) is 2.54. The molecular weight excluding hydrogens is 276 g/mol. The third-order valence-electron chi connectivity index (χ3n) is 4.97. The zero-order valence-electron chi connectivity index (χ0n) is 14.3. The fourth-order valence-electron chi connectivity index (χ4n) is 3.68. The zero-order chi connectivity index (χ0) is 15.9. The summed E-state index contributed by atoms with van der Waals surface area (Å²) in [6.07, 6.45) is 9.65. The molecule has 1 aliphatic carbocycles. The Morgan fingerprint density at radius 2 is 1.59 bits per heavy atom. The number of carbonyl (C=O) groups is 2. The van der Waals surface area contributed by atoms with Gasteiger partial charge in [-0.15, -0.1) is 0 Å². The van der Waals surface area contributed by atoms with Crippen LogP contribution in [0.1, 0.15) is 71.6 Å². The Morgan fingerprint density at radius 1 is 1.00 bits per heavy atom. The van der Waals surface area contributed by atoms with Gasteiger partial charge in [-0.3, -0.25) is 9.59 Å². The van der Waals surface area contributed by atoms with Crippen molar-refractivity contribution in [2.45, 2.75) is 77.7 Å². The molecule has 1 heterocycles. The first kappa shape index (κ1) is 17.3. The number of nitrogens with zero attached hydrogens (tertiary/aromatic N) is 1. The second-order valence-electron chi connectivity index (χ2n) is 7.41. The molecule has 4 heteroatoms. The van der Waals surface area contributed by atoms with Gasteiger partial charge in [-0.1, -0.05) is 33.1 Å². The van der Waals surface area contributed by atoms with E-state index in [-0.39, 0.29) is 23.8 Å². The molecule has 1 saturated heterocycles. The van der Waals surface area contributed by atoms with Crippen LogP contribution in [0.2, 0.25) is 0 Å². The van der Waals surface area contributed by atoms with Gasteiger partial charge < -0.3 is 10.2 Å². The third kappa shape index (κ3) is 4.99. The number of nitrogens with one attached hydrogen (secondary N) is 1. The highest BCUT2D eigenvalue weighted by molar-refractivity contribution is 5.88. The van der Waals surface area contributed by atoms with Gasteiger partial charge in [0.1, 0.15) is 6.04 Å². The van der Waals surface area contributed by atoms with E-state index in [0.29, 0.717) is 5.92 Å². The van der Waals surface area contributed by atoms with Gasteiger partial charge in [0.15, 0.2) is 0 Å². The first-order valence-corrected chi connectivity index (χ1v) is 9.17. The van der Waals surface area contributed by atoms with Gasteiger partial charge in [0, 0.05) is 19.0 Å². The Kier molecular flexibility index (Phi) is 6.71. The van der Waals surface area contributed by atoms with Gasteiger partial charge in [0.25, 0.3) is 0 Å². The summed E-state index contributed by atoms with van der Waals surface area (Å²) in [6.45, 7) is 5.94. The monoisotopic (exact) mass is 308 g/mol. The van der Waals surface area contributed by atoms with E-state index in [1.807, 2.05) is 4.90 Å². The zero-order valence-corrected chi connectivity index (χ0v) is 14.3. The lowest BCUT2D eigenvalue weighted by Crippen LogP contribution is -2.51. The average molecular weight is 308 g/mol. The molecule has 1 aliphatic heterocycles. The Balaban J connectivity index is 1.95. The van der Waals surface area contributed by atoms with Crippen molar-refractivity contribution >= 4 is 11.8 Å². The Labute approximate surface area is 135 Å². The summed E-state index contributed by atoms with van der Waals surface area (Å²) in [5.41, 5.74) is 0. The molecular formula is C18H32N2O2. The van der Waals surface area contributed by atoms with E-state index in [0.717, 1.165) is 58.0 Å². The van der Waals surface area contributed by atoms with E-state index in [1.165, 1.54) is 12.8 Å². The van der Waals surface area contributed by atoms with Crippen molar-refractivity contribution in [3.05, 3.63) is 0 Å².